The lowest BCUT2D eigenvalue weighted by atomic mass is 9.97. The predicted molar refractivity (Wildman–Crippen MR) is 160 cm³/mol. The molecule has 8 heteroatoms. The average molecular weight is 580 g/mol. The van der Waals surface area contributed by atoms with Crippen molar-refractivity contribution in [1.29, 1.82) is 0 Å². The summed E-state index contributed by atoms with van der Waals surface area (Å²) in [4.78, 5) is 8.92. The van der Waals surface area contributed by atoms with E-state index < -0.39 is 19.0 Å². The summed E-state index contributed by atoms with van der Waals surface area (Å²) in [5, 5.41) is 10.7. The molecule has 0 spiro atoms. The lowest BCUT2D eigenvalue weighted by molar-refractivity contribution is -0.110. The first-order valence-electron chi connectivity index (χ1n) is 13.5. The standard InChI is InChI=1S/C27H33F2NO.C4H8F2.C2H4O2/c1-6-20(3)24(17-22-10-12-23(13-11-22)18-30-5)14-15-26(31-27(28)29)21(4)25-9-7-8-19(2)16-25;1-3(2)4(5)6;3-1-2-4/h7-16,27,30H,6,17-18H2,1-5H3;3-4H,1-2H3;1,4H,2H2/b15-14-,24-20-,26-21-;;. The Kier molecular flexibility index (Phi) is 19.8. The van der Waals surface area contributed by atoms with Crippen molar-refractivity contribution >= 4 is 11.9 Å². The highest BCUT2D eigenvalue weighted by molar-refractivity contribution is 5.68. The predicted octanol–water partition coefficient (Wildman–Crippen LogP) is 8.30. The summed E-state index contributed by atoms with van der Waals surface area (Å²) in [6.07, 6.45) is 3.50. The number of allylic oxidation sites excluding steroid dienone is 5. The van der Waals surface area contributed by atoms with Gasteiger partial charge in [0, 0.05) is 12.5 Å². The summed E-state index contributed by atoms with van der Waals surface area (Å²) in [5.41, 5.74) is 7.37. The summed E-state index contributed by atoms with van der Waals surface area (Å²) in [6, 6.07) is 16.2. The van der Waals surface area contributed by atoms with Gasteiger partial charge in [0.15, 0.2) is 0 Å². The normalized spacial score (nSPS) is 12.4. The number of aliphatic hydroxyl groups excluding tert-OH is 1. The van der Waals surface area contributed by atoms with Crippen LogP contribution in [0, 0.1) is 12.8 Å². The number of hydrogen-bond acceptors (Lipinski definition) is 4. The molecule has 4 nitrogen and oxygen atoms in total. The van der Waals surface area contributed by atoms with E-state index in [9.17, 15) is 17.6 Å². The highest BCUT2D eigenvalue weighted by Crippen LogP contribution is 2.25. The number of nitrogens with one attached hydrogen (secondary N) is 1. The molecule has 0 fully saturated rings. The number of aldehydes is 1. The van der Waals surface area contributed by atoms with Crippen molar-refractivity contribution in [1.82, 2.24) is 5.32 Å². The van der Waals surface area contributed by atoms with E-state index in [0.717, 1.165) is 36.1 Å². The fourth-order valence-corrected chi connectivity index (χ4v) is 3.32. The molecular weight excluding hydrogens is 534 g/mol. The van der Waals surface area contributed by atoms with Crippen molar-refractivity contribution in [2.45, 2.75) is 74.0 Å². The largest absolute Gasteiger partial charge is 0.435 e. The van der Waals surface area contributed by atoms with E-state index in [1.165, 1.54) is 30.5 Å². The van der Waals surface area contributed by atoms with Gasteiger partial charge in [-0.1, -0.05) is 86.5 Å². The molecule has 0 heterocycles. The third-order valence-corrected chi connectivity index (χ3v) is 5.93. The van der Waals surface area contributed by atoms with Crippen LogP contribution in [0.5, 0.6) is 0 Å². The van der Waals surface area contributed by atoms with Crippen LogP contribution in [0.4, 0.5) is 17.6 Å². The first-order chi connectivity index (χ1) is 19.4. The SMILES string of the molecule is CC(C)C(F)F.CC/C(C)=C(/C=C\C(OC(F)F)=C(/C)c1cccc(C)c1)Cc1ccc(CNC)cc1.O=CCO. The number of ether oxygens (including phenoxy) is 1. The van der Waals surface area contributed by atoms with Gasteiger partial charge in [0.2, 0.25) is 6.43 Å². The third-order valence-electron chi connectivity index (χ3n) is 5.93. The molecule has 0 aliphatic rings. The number of aliphatic hydroxyl groups is 1. The lowest BCUT2D eigenvalue weighted by Gasteiger charge is -2.13. The van der Waals surface area contributed by atoms with Crippen LogP contribution >= 0.6 is 0 Å². The summed E-state index contributed by atoms with van der Waals surface area (Å²) in [7, 11) is 1.93. The Morgan fingerprint density at radius 3 is 2.00 bits per heavy atom. The molecule has 0 amide bonds. The van der Waals surface area contributed by atoms with Crippen LogP contribution in [0.1, 0.15) is 63.3 Å². The van der Waals surface area contributed by atoms with Crippen LogP contribution in [0.3, 0.4) is 0 Å². The minimum absolute atomic E-state index is 0.186. The van der Waals surface area contributed by atoms with E-state index in [2.05, 4.69) is 43.4 Å². The van der Waals surface area contributed by atoms with E-state index in [0.29, 0.717) is 11.9 Å². The number of halogens is 4. The molecule has 0 saturated heterocycles. The second kappa shape index (κ2) is 21.5. The molecule has 2 aromatic carbocycles. The number of hydrogen-bond donors (Lipinski definition) is 2. The smallest absolute Gasteiger partial charge is 0.387 e. The third kappa shape index (κ3) is 16.6. The van der Waals surface area contributed by atoms with Crippen LogP contribution in [-0.2, 0) is 22.5 Å². The van der Waals surface area contributed by atoms with Gasteiger partial charge in [-0.05, 0) is 74.6 Å². The summed E-state index contributed by atoms with van der Waals surface area (Å²) < 4.78 is 53.5. The van der Waals surface area contributed by atoms with Gasteiger partial charge in [-0.3, -0.25) is 0 Å². The molecule has 2 aromatic rings. The van der Waals surface area contributed by atoms with E-state index in [4.69, 9.17) is 14.6 Å². The molecule has 0 atom stereocenters. The van der Waals surface area contributed by atoms with E-state index in [1.54, 1.807) is 6.08 Å². The maximum atomic E-state index is 13.1. The molecule has 0 unspecified atom stereocenters. The fourth-order valence-electron chi connectivity index (χ4n) is 3.32. The number of aryl methyl sites for hydroxylation is 1. The minimum Gasteiger partial charge on any atom is -0.435 e. The maximum Gasteiger partial charge on any atom is 0.387 e. The molecular formula is C33H45F4NO3. The highest BCUT2D eigenvalue weighted by Gasteiger charge is 2.11. The Hall–Kier alpha value is -3.23. The summed E-state index contributed by atoms with van der Waals surface area (Å²) in [5.74, 6) is -0.295. The Morgan fingerprint density at radius 1 is 1.00 bits per heavy atom. The number of carbonyl (C=O) groups excluding carboxylic acids is 1. The summed E-state index contributed by atoms with van der Waals surface area (Å²) >= 11 is 0. The van der Waals surface area contributed by atoms with Crippen molar-refractivity contribution in [2.75, 3.05) is 13.7 Å². The molecule has 2 rings (SSSR count). The monoisotopic (exact) mass is 579 g/mol. The second-order valence-corrected chi connectivity index (χ2v) is 9.68. The van der Waals surface area contributed by atoms with Crippen LogP contribution in [0.25, 0.3) is 5.57 Å². The molecule has 228 valence electrons. The Balaban J connectivity index is 0.00000137. The van der Waals surface area contributed by atoms with Gasteiger partial charge < -0.3 is 20.0 Å². The number of benzene rings is 2. The molecule has 0 aromatic heterocycles. The van der Waals surface area contributed by atoms with Crippen LogP contribution in [0.15, 0.2) is 77.6 Å². The van der Waals surface area contributed by atoms with Crippen molar-refractivity contribution in [3.05, 3.63) is 99.8 Å². The van der Waals surface area contributed by atoms with Crippen molar-refractivity contribution < 1.29 is 32.2 Å². The van der Waals surface area contributed by atoms with Gasteiger partial charge in [0.1, 0.15) is 12.0 Å². The average Bonchev–Trinajstić information content (AvgIpc) is 2.95. The first-order valence-corrected chi connectivity index (χ1v) is 13.5. The molecule has 0 radical (unpaired) electrons. The van der Waals surface area contributed by atoms with Gasteiger partial charge in [-0.15, -0.1) is 0 Å². The van der Waals surface area contributed by atoms with Crippen LogP contribution in [-0.4, -0.2) is 38.1 Å². The summed E-state index contributed by atoms with van der Waals surface area (Å²) in [6.45, 7) is 8.55. The van der Waals surface area contributed by atoms with Gasteiger partial charge >= 0.3 is 6.61 Å². The molecule has 0 saturated carbocycles. The molecule has 2 N–H and O–H groups in total. The quantitative estimate of drug-likeness (QED) is 0.115. The van der Waals surface area contributed by atoms with Crippen molar-refractivity contribution in [3.8, 4) is 0 Å². The lowest BCUT2D eigenvalue weighted by Crippen LogP contribution is -2.04. The van der Waals surface area contributed by atoms with Crippen LogP contribution < -0.4 is 5.32 Å². The fraction of sp³-hybridized carbons (Fsp3) is 0.424. The number of carbonyl (C=O) groups is 1. The maximum absolute atomic E-state index is 13.1. The zero-order chi connectivity index (χ0) is 31.4. The van der Waals surface area contributed by atoms with E-state index in [-0.39, 0.29) is 12.4 Å². The van der Waals surface area contributed by atoms with Crippen LogP contribution in [0.2, 0.25) is 0 Å². The van der Waals surface area contributed by atoms with Crippen molar-refractivity contribution in [3.63, 3.8) is 0 Å². The zero-order valence-corrected chi connectivity index (χ0v) is 25.2. The van der Waals surface area contributed by atoms with E-state index >= 15 is 0 Å². The second-order valence-electron chi connectivity index (χ2n) is 9.68. The highest BCUT2D eigenvalue weighted by atomic mass is 19.3. The number of alkyl halides is 4. The topological polar surface area (TPSA) is 58.6 Å². The first kappa shape index (κ1) is 37.8. The molecule has 0 aliphatic heterocycles. The van der Waals surface area contributed by atoms with Gasteiger partial charge in [0.05, 0.1) is 6.61 Å². The van der Waals surface area contributed by atoms with E-state index in [1.807, 2.05) is 51.2 Å². The number of rotatable bonds is 12. The van der Waals surface area contributed by atoms with Crippen molar-refractivity contribution in [2.24, 2.45) is 5.92 Å². The van der Waals surface area contributed by atoms with Gasteiger partial charge in [0.25, 0.3) is 0 Å². The van der Waals surface area contributed by atoms with Gasteiger partial charge in [-0.25, -0.2) is 8.78 Å². The molecule has 0 bridgehead atoms. The zero-order valence-electron chi connectivity index (χ0n) is 25.2. The minimum atomic E-state index is -2.88. The Morgan fingerprint density at radius 2 is 1.56 bits per heavy atom. The molecule has 41 heavy (non-hydrogen) atoms. The Labute approximate surface area is 242 Å². The molecule has 0 aliphatic carbocycles. The Bertz CT molecular complexity index is 1100. The van der Waals surface area contributed by atoms with Gasteiger partial charge in [-0.2, -0.15) is 8.78 Å².